The molecular weight excluding hydrogens is 885 g/mol. The first-order valence-corrected chi connectivity index (χ1v) is 32.1. The van der Waals surface area contributed by atoms with E-state index in [-0.39, 0.29) is 0 Å². The lowest BCUT2D eigenvalue weighted by Crippen LogP contribution is -2.53. The molecule has 0 radical (unpaired) electrons. The van der Waals surface area contributed by atoms with Crippen LogP contribution in [0.5, 0.6) is 0 Å². The molecule has 0 aromatic carbocycles. The number of nitrogens with one attached hydrogen (secondary N) is 10. The summed E-state index contributed by atoms with van der Waals surface area (Å²) in [6, 6.07) is 4.36. The molecule has 0 bridgehead atoms. The van der Waals surface area contributed by atoms with Gasteiger partial charge >= 0.3 is 0 Å². The fraction of sp³-hybridized carbons (Fsp3) is 1.00. The van der Waals surface area contributed by atoms with Crippen LogP contribution in [0.4, 0.5) is 0 Å². The maximum Gasteiger partial charge on any atom is 0.0233 e. The second kappa shape index (κ2) is 30.6. The van der Waals surface area contributed by atoms with E-state index in [0.717, 1.165) is 83.5 Å². The maximum atomic E-state index is 3.62. The Bertz CT molecular complexity index is 1150. The van der Waals surface area contributed by atoms with Crippen LogP contribution in [0.2, 0.25) is 0 Å². The van der Waals surface area contributed by atoms with Crippen molar-refractivity contribution < 1.29 is 0 Å². The molecule has 16 rings (SSSR count). The van der Waals surface area contributed by atoms with E-state index in [1.807, 2.05) is 0 Å². The van der Waals surface area contributed by atoms with Gasteiger partial charge in [0.05, 0.1) is 0 Å². The summed E-state index contributed by atoms with van der Waals surface area (Å²) in [6.45, 7) is 26.6. The van der Waals surface area contributed by atoms with Gasteiger partial charge < -0.3 is 53.2 Å². The Hall–Kier alpha value is -0.130. The lowest BCUT2D eigenvalue weighted by Gasteiger charge is -2.39. The third kappa shape index (κ3) is 17.5. The van der Waals surface area contributed by atoms with Gasteiger partial charge in [-0.25, -0.2) is 0 Å². The molecule has 16 aliphatic rings. The van der Waals surface area contributed by atoms with Crippen molar-refractivity contribution in [3.05, 3.63) is 0 Å². The summed E-state index contributed by atoms with van der Waals surface area (Å²) in [7, 11) is 0. The summed E-state index contributed by atoms with van der Waals surface area (Å²) in [6.07, 6.45) is 29.2. The average Bonchev–Trinajstić information content (AvgIpc) is 4.26. The van der Waals surface area contributed by atoms with Gasteiger partial charge in [-0.3, -0.25) is 9.80 Å². The molecule has 12 atom stereocenters. The highest BCUT2D eigenvalue weighted by Crippen LogP contribution is 2.40. The topological polar surface area (TPSA) is 127 Å². The molecule has 3 saturated carbocycles. The van der Waals surface area contributed by atoms with Gasteiger partial charge in [0.2, 0.25) is 0 Å². The normalized spacial score (nSPS) is 41.7. The highest BCUT2D eigenvalue weighted by Gasteiger charge is 2.40. The summed E-state index contributed by atoms with van der Waals surface area (Å²) < 4.78 is 0. The Labute approximate surface area is 433 Å². The number of nitrogens with zero attached hydrogens (tertiary/aromatic N) is 2. The van der Waals surface area contributed by atoms with Gasteiger partial charge in [-0.1, -0.05) is 38.5 Å². The molecule has 0 aromatic heterocycles. The van der Waals surface area contributed by atoms with E-state index >= 15 is 0 Å². The van der Waals surface area contributed by atoms with Gasteiger partial charge in [0, 0.05) is 81.8 Å². The lowest BCUT2D eigenvalue weighted by molar-refractivity contribution is 0.121. The summed E-state index contributed by atoms with van der Waals surface area (Å²) in [5.41, 5.74) is 0. The number of piperazine rings is 2. The third-order valence-electron chi connectivity index (χ3n) is 20.2. The van der Waals surface area contributed by atoms with Crippen molar-refractivity contribution in [3.8, 4) is 0 Å². The Balaban J connectivity index is 0.0000000997. The van der Waals surface area contributed by atoms with Gasteiger partial charge in [0.1, 0.15) is 0 Å². The minimum atomic E-state index is 0.815. The van der Waals surface area contributed by atoms with Crippen LogP contribution in [0.15, 0.2) is 0 Å². The van der Waals surface area contributed by atoms with E-state index in [0.29, 0.717) is 0 Å². The molecule has 0 spiro atoms. The Kier molecular flexibility index (Phi) is 23.9. The SMILES string of the molecule is C1CC2CNCC2N1.C1CC2CNCCN2C1.C1CCC2CNCCC2C1.C1CCC2NCCCC2C1.C1CCN2CCNCC2C1.C1CNC2CSCC2C1.C1NCC2CC12.C1NCC2CNCC12. The second-order valence-electron chi connectivity index (χ2n) is 25.0. The van der Waals surface area contributed by atoms with Crippen LogP contribution in [0.1, 0.15) is 128 Å². The molecule has 3 aliphatic carbocycles. The molecule has 13 saturated heterocycles. The monoisotopic (exact) mass is 995 g/mol. The number of rotatable bonds is 0. The van der Waals surface area contributed by atoms with Crippen molar-refractivity contribution in [1.82, 2.24) is 63.0 Å². The van der Waals surface area contributed by atoms with Crippen molar-refractivity contribution in [1.29, 1.82) is 0 Å². The van der Waals surface area contributed by atoms with Gasteiger partial charge in [0.25, 0.3) is 0 Å². The first kappa shape index (κ1) is 54.7. The Morgan fingerprint density at radius 1 is 0.271 bits per heavy atom. The van der Waals surface area contributed by atoms with Crippen molar-refractivity contribution in [2.45, 2.75) is 159 Å². The van der Waals surface area contributed by atoms with Crippen molar-refractivity contribution in [2.24, 2.45) is 53.3 Å². The van der Waals surface area contributed by atoms with Crippen LogP contribution in [0, 0.1) is 53.3 Å². The van der Waals surface area contributed by atoms with Gasteiger partial charge in [0.15, 0.2) is 0 Å². The van der Waals surface area contributed by atoms with E-state index in [9.17, 15) is 0 Å². The van der Waals surface area contributed by atoms with E-state index in [2.05, 4.69) is 74.7 Å². The fourth-order valence-corrected chi connectivity index (χ4v) is 16.9. The minimum Gasteiger partial charge on any atom is -0.316 e. The number of thioether (sulfide) groups is 1. The number of piperidine rings is 5. The minimum absolute atomic E-state index is 0.815. The maximum absolute atomic E-state index is 3.62. The standard InChI is InChI=1S/2C9H17N.C8H16N2.C7H14N2.C7H13NS.2C6H12N2.C5H9N/c1-2-6-9-8(4-1)5-3-7-10-9;1-2-4-9-7-10-6-5-8(9)3-1;1-2-5-10-6-4-9-7-8(10)3-1;1-2-7-6-8-3-5-9(7)4-1;1-2-6-4-9-5-7(6)8-3-1;1-5-2-8-4-6(5)3-7-1;1-2-8-6-4-7-3-5(1)6;1-4-2-6-3-5(1)4/h2*8-10H,1-7H2;8-9H,1-7H2;7-8H,1-6H2;6-8H,1-5H2;2*5-8H,1-4H2;4-6H,1-3H2. The zero-order chi connectivity index (χ0) is 47.4. The van der Waals surface area contributed by atoms with Crippen LogP contribution in [-0.2, 0) is 0 Å². The lowest BCUT2D eigenvalue weighted by atomic mass is 9.76. The molecule has 12 nitrogen and oxygen atoms in total. The molecule has 0 aromatic rings. The molecule has 12 unspecified atom stereocenters. The summed E-state index contributed by atoms with van der Waals surface area (Å²) >= 11 is 2.12. The fourth-order valence-electron chi connectivity index (χ4n) is 15.4. The molecule has 70 heavy (non-hydrogen) atoms. The van der Waals surface area contributed by atoms with Gasteiger partial charge in [-0.2, -0.15) is 11.8 Å². The molecule has 0 amide bonds. The second-order valence-corrected chi connectivity index (χ2v) is 26.1. The molecule has 404 valence electrons. The van der Waals surface area contributed by atoms with E-state index in [1.165, 1.54) is 277 Å². The van der Waals surface area contributed by atoms with Crippen LogP contribution >= 0.6 is 11.8 Å². The van der Waals surface area contributed by atoms with Crippen LogP contribution in [0.3, 0.4) is 0 Å². The van der Waals surface area contributed by atoms with Crippen LogP contribution < -0.4 is 53.2 Å². The van der Waals surface area contributed by atoms with Crippen molar-refractivity contribution in [2.75, 3.05) is 149 Å². The highest BCUT2D eigenvalue weighted by molar-refractivity contribution is 7.99. The number of fused-ring (bicyclic) bond motifs is 8. The predicted molar refractivity (Wildman–Crippen MR) is 297 cm³/mol. The molecule has 13 heterocycles. The Morgan fingerprint density at radius 2 is 0.786 bits per heavy atom. The predicted octanol–water partition coefficient (Wildman–Crippen LogP) is 4.53. The van der Waals surface area contributed by atoms with E-state index < -0.39 is 0 Å². The third-order valence-corrected chi connectivity index (χ3v) is 21.4. The van der Waals surface area contributed by atoms with Crippen LogP contribution in [0.25, 0.3) is 0 Å². The first-order valence-electron chi connectivity index (χ1n) is 30.9. The summed E-state index contributed by atoms with van der Waals surface area (Å²) in [4.78, 5) is 5.25. The van der Waals surface area contributed by atoms with Crippen molar-refractivity contribution in [3.63, 3.8) is 0 Å². The van der Waals surface area contributed by atoms with Gasteiger partial charge in [-0.15, -0.1) is 0 Å². The molecule has 13 heteroatoms. The molecule has 10 N–H and O–H groups in total. The summed E-state index contributed by atoms with van der Waals surface area (Å²) in [5.74, 6) is 12.0. The molecule has 16 fully saturated rings. The van der Waals surface area contributed by atoms with Crippen LogP contribution in [-0.4, -0.2) is 189 Å². The molecular formula is C57H110N12S. The zero-order valence-electron chi connectivity index (χ0n) is 44.8. The number of hydrogen-bond acceptors (Lipinski definition) is 13. The smallest absolute Gasteiger partial charge is 0.0233 e. The van der Waals surface area contributed by atoms with Gasteiger partial charge in [-0.05, 0) is 241 Å². The van der Waals surface area contributed by atoms with E-state index in [1.54, 1.807) is 0 Å². The quantitative estimate of drug-likeness (QED) is 0.167. The first-order chi connectivity index (χ1) is 34.7. The largest absolute Gasteiger partial charge is 0.316 e. The summed E-state index contributed by atoms with van der Waals surface area (Å²) in [5, 5.41) is 34.4. The number of hydrogen-bond donors (Lipinski definition) is 10. The zero-order valence-corrected chi connectivity index (χ0v) is 45.6. The van der Waals surface area contributed by atoms with Crippen molar-refractivity contribution >= 4 is 11.8 Å². The van der Waals surface area contributed by atoms with E-state index in [4.69, 9.17) is 0 Å². The average molecular weight is 996 g/mol. The molecule has 13 aliphatic heterocycles. The Morgan fingerprint density at radius 3 is 1.43 bits per heavy atom. The highest BCUT2D eigenvalue weighted by atomic mass is 32.2.